The summed E-state index contributed by atoms with van der Waals surface area (Å²) in [6.45, 7) is 8.16. The number of esters is 1. The van der Waals surface area contributed by atoms with Gasteiger partial charge in [-0.2, -0.15) is 0 Å². The SMILES string of the molecule is CCCCCCCCCCCCCCCCCCOC(C)c1ccc(OC(=O)c2ccc(-c3ccc(OCCCCCCCC)cc3)cc2)cc1. The van der Waals surface area contributed by atoms with Crippen molar-refractivity contribution in [2.75, 3.05) is 13.2 Å². The Labute approximate surface area is 312 Å². The van der Waals surface area contributed by atoms with Crippen LogP contribution >= 0.6 is 0 Å². The minimum absolute atomic E-state index is 0.0135. The maximum absolute atomic E-state index is 12.8. The Morgan fingerprint density at radius 3 is 1.33 bits per heavy atom. The first-order valence-electron chi connectivity index (χ1n) is 20.9. The molecular weight excluding hydrogens is 629 g/mol. The van der Waals surface area contributed by atoms with Gasteiger partial charge in [-0.3, -0.25) is 0 Å². The Kier molecular flexibility index (Phi) is 22.8. The molecule has 0 N–H and O–H groups in total. The van der Waals surface area contributed by atoms with Gasteiger partial charge in [-0.25, -0.2) is 4.79 Å². The summed E-state index contributed by atoms with van der Waals surface area (Å²) in [6.07, 6.45) is 29.5. The fourth-order valence-electron chi connectivity index (χ4n) is 6.59. The molecule has 0 aliphatic rings. The zero-order valence-electron chi connectivity index (χ0n) is 32.6. The van der Waals surface area contributed by atoms with Crippen molar-refractivity contribution >= 4 is 5.97 Å². The molecule has 4 heteroatoms. The summed E-state index contributed by atoms with van der Waals surface area (Å²) in [5, 5.41) is 0. The predicted octanol–water partition coefficient (Wildman–Crippen LogP) is 14.7. The first-order valence-corrected chi connectivity index (χ1v) is 20.9. The Hall–Kier alpha value is -3.11. The van der Waals surface area contributed by atoms with Crippen LogP contribution in [0.5, 0.6) is 11.5 Å². The van der Waals surface area contributed by atoms with Crippen molar-refractivity contribution in [1.29, 1.82) is 0 Å². The van der Waals surface area contributed by atoms with Gasteiger partial charge in [0.1, 0.15) is 11.5 Å². The number of hydrogen-bond donors (Lipinski definition) is 0. The molecule has 4 nitrogen and oxygen atoms in total. The highest BCUT2D eigenvalue weighted by molar-refractivity contribution is 5.91. The molecule has 0 saturated heterocycles. The van der Waals surface area contributed by atoms with Gasteiger partial charge >= 0.3 is 5.97 Å². The molecule has 1 unspecified atom stereocenters. The van der Waals surface area contributed by atoms with Crippen LogP contribution in [0, 0.1) is 0 Å². The highest BCUT2D eigenvalue weighted by atomic mass is 16.5. The summed E-state index contributed by atoms with van der Waals surface area (Å²) in [5.74, 6) is 1.07. The number of rotatable bonds is 30. The van der Waals surface area contributed by atoms with E-state index in [0.717, 1.165) is 48.5 Å². The molecule has 3 aromatic carbocycles. The number of unbranched alkanes of at least 4 members (excludes halogenated alkanes) is 20. The monoisotopic (exact) mass is 699 g/mol. The molecule has 0 heterocycles. The summed E-state index contributed by atoms with van der Waals surface area (Å²) < 4.78 is 17.7. The minimum Gasteiger partial charge on any atom is -0.494 e. The summed E-state index contributed by atoms with van der Waals surface area (Å²) in [6, 6.07) is 23.4. The first-order chi connectivity index (χ1) is 25.1. The first kappa shape index (κ1) is 42.3. The van der Waals surface area contributed by atoms with Gasteiger partial charge in [0.05, 0.1) is 18.3 Å². The molecule has 0 amide bonds. The number of hydrogen-bond acceptors (Lipinski definition) is 4. The smallest absolute Gasteiger partial charge is 0.343 e. The third-order valence-electron chi connectivity index (χ3n) is 10.0. The van der Waals surface area contributed by atoms with Gasteiger partial charge in [0.15, 0.2) is 0 Å². The molecular formula is C47H70O4. The number of carbonyl (C=O) groups excluding carboxylic acids is 1. The van der Waals surface area contributed by atoms with E-state index in [0.29, 0.717) is 11.3 Å². The average Bonchev–Trinajstić information content (AvgIpc) is 3.16. The van der Waals surface area contributed by atoms with Crippen LogP contribution in [0.2, 0.25) is 0 Å². The predicted molar refractivity (Wildman–Crippen MR) is 216 cm³/mol. The second-order valence-electron chi connectivity index (χ2n) is 14.5. The largest absolute Gasteiger partial charge is 0.494 e. The van der Waals surface area contributed by atoms with Gasteiger partial charge in [-0.05, 0) is 72.9 Å². The molecule has 51 heavy (non-hydrogen) atoms. The summed E-state index contributed by atoms with van der Waals surface area (Å²) in [5.41, 5.74) is 3.75. The van der Waals surface area contributed by atoms with Gasteiger partial charge in [0.2, 0.25) is 0 Å². The highest BCUT2D eigenvalue weighted by Gasteiger charge is 2.11. The van der Waals surface area contributed by atoms with Crippen molar-refractivity contribution in [2.45, 2.75) is 168 Å². The van der Waals surface area contributed by atoms with Crippen LogP contribution in [-0.2, 0) is 4.74 Å². The molecule has 0 bridgehead atoms. The topological polar surface area (TPSA) is 44.8 Å². The van der Waals surface area contributed by atoms with E-state index in [2.05, 4.69) is 32.9 Å². The number of carbonyl (C=O) groups is 1. The Balaban J connectivity index is 1.23. The van der Waals surface area contributed by atoms with Gasteiger partial charge in [0, 0.05) is 6.61 Å². The standard InChI is InChI=1S/C47H70O4/c1-4-6-8-10-12-13-14-15-16-17-18-19-20-21-23-24-38-49-40(3)41-30-36-46(37-31-41)51-47(48)44-28-26-42(27-29-44)43-32-34-45(35-33-43)50-39-25-22-11-9-7-5-2/h26-37,40H,4-25,38-39H2,1-3H3. The summed E-state index contributed by atoms with van der Waals surface area (Å²) >= 11 is 0. The number of ether oxygens (including phenoxy) is 3. The van der Waals surface area contributed by atoms with Gasteiger partial charge in [0.25, 0.3) is 0 Å². The zero-order valence-corrected chi connectivity index (χ0v) is 32.6. The molecule has 0 aliphatic carbocycles. The summed E-state index contributed by atoms with van der Waals surface area (Å²) in [7, 11) is 0. The zero-order chi connectivity index (χ0) is 36.2. The molecule has 0 saturated carbocycles. The average molecular weight is 699 g/mol. The summed E-state index contributed by atoms with van der Waals surface area (Å²) in [4.78, 5) is 12.8. The molecule has 3 aromatic rings. The van der Waals surface area contributed by atoms with Gasteiger partial charge in [-0.15, -0.1) is 0 Å². The lowest BCUT2D eigenvalue weighted by Crippen LogP contribution is -2.08. The lowest BCUT2D eigenvalue weighted by molar-refractivity contribution is 0.0627. The number of benzene rings is 3. The second kappa shape index (κ2) is 27.5. The van der Waals surface area contributed by atoms with E-state index >= 15 is 0 Å². The molecule has 0 radical (unpaired) electrons. The van der Waals surface area contributed by atoms with Crippen LogP contribution in [-0.4, -0.2) is 19.2 Å². The van der Waals surface area contributed by atoms with E-state index in [1.807, 2.05) is 60.7 Å². The highest BCUT2D eigenvalue weighted by Crippen LogP contribution is 2.25. The van der Waals surface area contributed by atoms with Crippen molar-refractivity contribution in [3.63, 3.8) is 0 Å². The third kappa shape index (κ3) is 18.8. The van der Waals surface area contributed by atoms with Crippen molar-refractivity contribution in [1.82, 2.24) is 0 Å². The lowest BCUT2D eigenvalue weighted by Gasteiger charge is -2.14. The fraction of sp³-hybridized carbons (Fsp3) is 0.596. The van der Waals surface area contributed by atoms with Crippen LogP contribution in [0.25, 0.3) is 11.1 Å². The Morgan fingerprint density at radius 2 is 0.863 bits per heavy atom. The fourth-order valence-corrected chi connectivity index (χ4v) is 6.59. The maximum atomic E-state index is 12.8. The lowest BCUT2D eigenvalue weighted by atomic mass is 10.0. The Bertz CT molecular complexity index is 1270. The van der Waals surface area contributed by atoms with Gasteiger partial charge in [-0.1, -0.05) is 179 Å². The molecule has 3 rings (SSSR count). The van der Waals surface area contributed by atoms with E-state index in [4.69, 9.17) is 14.2 Å². The van der Waals surface area contributed by atoms with E-state index in [-0.39, 0.29) is 12.1 Å². The van der Waals surface area contributed by atoms with E-state index in [9.17, 15) is 4.79 Å². The molecule has 0 aliphatic heterocycles. The van der Waals surface area contributed by atoms with E-state index < -0.39 is 0 Å². The quantitative estimate of drug-likeness (QED) is 0.0395. The van der Waals surface area contributed by atoms with Crippen molar-refractivity contribution in [2.24, 2.45) is 0 Å². The van der Waals surface area contributed by atoms with Crippen LogP contribution in [0.1, 0.15) is 184 Å². The normalized spacial score (nSPS) is 11.8. The minimum atomic E-state index is -0.361. The van der Waals surface area contributed by atoms with Crippen molar-refractivity contribution in [3.05, 3.63) is 83.9 Å². The Morgan fingerprint density at radius 1 is 0.471 bits per heavy atom. The van der Waals surface area contributed by atoms with E-state index in [1.165, 1.54) is 128 Å². The van der Waals surface area contributed by atoms with Gasteiger partial charge < -0.3 is 14.2 Å². The molecule has 0 fully saturated rings. The second-order valence-corrected chi connectivity index (χ2v) is 14.5. The van der Waals surface area contributed by atoms with Crippen LogP contribution in [0.4, 0.5) is 0 Å². The molecule has 282 valence electrons. The third-order valence-corrected chi connectivity index (χ3v) is 10.0. The van der Waals surface area contributed by atoms with E-state index in [1.54, 1.807) is 0 Å². The molecule has 1 atom stereocenters. The molecule has 0 aromatic heterocycles. The van der Waals surface area contributed by atoms with Crippen LogP contribution in [0.15, 0.2) is 72.8 Å². The molecule has 0 spiro atoms. The van der Waals surface area contributed by atoms with Crippen molar-refractivity contribution < 1.29 is 19.0 Å². The van der Waals surface area contributed by atoms with Crippen molar-refractivity contribution in [3.8, 4) is 22.6 Å². The van der Waals surface area contributed by atoms with Crippen LogP contribution < -0.4 is 9.47 Å². The maximum Gasteiger partial charge on any atom is 0.343 e. The van der Waals surface area contributed by atoms with Crippen LogP contribution in [0.3, 0.4) is 0 Å².